The van der Waals surface area contributed by atoms with Gasteiger partial charge in [-0.05, 0) is 35.9 Å². The second kappa shape index (κ2) is 4.93. The van der Waals surface area contributed by atoms with Crippen molar-refractivity contribution in [1.29, 1.82) is 0 Å². The Balaban J connectivity index is 3.02. The number of thioether (sulfide) groups is 1. The summed E-state index contributed by atoms with van der Waals surface area (Å²) in [7, 11) is 0. The molecule has 0 aliphatic carbocycles. The molecule has 0 bridgehead atoms. The number of rotatable bonds is 3. The Bertz CT molecular complexity index is 258. The summed E-state index contributed by atoms with van der Waals surface area (Å²) in [6, 6.07) is 6.67. The molecule has 0 heterocycles. The lowest BCUT2D eigenvalue weighted by Crippen LogP contribution is -1.89. The highest BCUT2D eigenvalue weighted by atomic mass is 79.9. The van der Waals surface area contributed by atoms with Crippen molar-refractivity contribution < 1.29 is 0 Å². The number of aryl methyl sites for hydroxylation is 1. The van der Waals surface area contributed by atoms with Gasteiger partial charge in [-0.25, -0.2) is 0 Å². The molecule has 1 rings (SSSR count). The Kier molecular flexibility index (Phi) is 4.16. The van der Waals surface area contributed by atoms with Gasteiger partial charge >= 0.3 is 0 Å². The number of halogens is 1. The summed E-state index contributed by atoms with van der Waals surface area (Å²) in [6.07, 6.45) is 3.23. The van der Waals surface area contributed by atoms with Crippen LogP contribution in [0.3, 0.4) is 0 Å². The van der Waals surface area contributed by atoms with Crippen molar-refractivity contribution >= 4 is 27.7 Å². The molecule has 0 saturated carbocycles. The van der Waals surface area contributed by atoms with Gasteiger partial charge in [0.2, 0.25) is 0 Å². The van der Waals surface area contributed by atoms with Crippen LogP contribution in [-0.4, -0.2) is 6.26 Å². The van der Waals surface area contributed by atoms with Gasteiger partial charge in [0.25, 0.3) is 0 Å². The van der Waals surface area contributed by atoms with Crippen LogP contribution in [0.25, 0.3) is 0 Å². The van der Waals surface area contributed by atoms with Gasteiger partial charge < -0.3 is 0 Å². The minimum atomic E-state index is 0.963. The van der Waals surface area contributed by atoms with E-state index in [-0.39, 0.29) is 0 Å². The van der Waals surface area contributed by atoms with Crippen LogP contribution >= 0.6 is 27.7 Å². The Labute approximate surface area is 86.9 Å². The normalized spacial score (nSPS) is 10.2. The van der Waals surface area contributed by atoms with E-state index in [9.17, 15) is 0 Å². The van der Waals surface area contributed by atoms with Gasteiger partial charge in [-0.15, -0.1) is 11.8 Å². The number of hydrogen-bond acceptors (Lipinski definition) is 1. The first-order chi connectivity index (χ1) is 5.81. The molecule has 12 heavy (non-hydrogen) atoms. The van der Waals surface area contributed by atoms with Crippen LogP contribution < -0.4 is 0 Å². The number of alkyl halides is 1. The molecule has 0 aliphatic rings. The van der Waals surface area contributed by atoms with E-state index in [4.69, 9.17) is 0 Å². The van der Waals surface area contributed by atoms with Gasteiger partial charge in [-0.3, -0.25) is 0 Å². The monoisotopic (exact) mass is 244 g/mol. The van der Waals surface area contributed by atoms with Crippen molar-refractivity contribution in [2.24, 2.45) is 0 Å². The van der Waals surface area contributed by atoms with Crippen LogP contribution in [-0.2, 0) is 11.8 Å². The fourth-order valence-corrected chi connectivity index (χ4v) is 2.20. The van der Waals surface area contributed by atoms with Crippen molar-refractivity contribution in [3.63, 3.8) is 0 Å². The van der Waals surface area contributed by atoms with Crippen LogP contribution in [0.15, 0.2) is 23.1 Å². The van der Waals surface area contributed by atoms with Crippen molar-refractivity contribution in [1.82, 2.24) is 0 Å². The molecular formula is C10H13BrS. The summed E-state index contributed by atoms with van der Waals surface area (Å²) < 4.78 is 0. The van der Waals surface area contributed by atoms with Gasteiger partial charge in [0, 0.05) is 10.2 Å². The van der Waals surface area contributed by atoms with Crippen LogP contribution in [0, 0.1) is 0 Å². The topological polar surface area (TPSA) is 0 Å². The lowest BCUT2D eigenvalue weighted by atomic mass is 10.1. The average molecular weight is 245 g/mol. The molecule has 0 N–H and O–H groups in total. The fourth-order valence-electron chi connectivity index (χ4n) is 1.19. The SMILES string of the molecule is CCc1cc(SC)ccc1CBr. The second-order valence-corrected chi connectivity index (χ2v) is 4.06. The quantitative estimate of drug-likeness (QED) is 0.575. The predicted molar refractivity (Wildman–Crippen MR) is 60.2 cm³/mol. The molecule has 0 nitrogen and oxygen atoms in total. The van der Waals surface area contributed by atoms with E-state index in [1.807, 2.05) is 0 Å². The first kappa shape index (κ1) is 10.1. The Morgan fingerprint density at radius 2 is 2.08 bits per heavy atom. The molecule has 0 radical (unpaired) electrons. The molecule has 1 aromatic carbocycles. The van der Waals surface area contributed by atoms with E-state index in [2.05, 4.69) is 47.3 Å². The fraction of sp³-hybridized carbons (Fsp3) is 0.400. The molecule has 0 aromatic heterocycles. The van der Waals surface area contributed by atoms with E-state index >= 15 is 0 Å². The maximum Gasteiger partial charge on any atom is 0.0285 e. The zero-order valence-electron chi connectivity index (χ0n) is 7.43. The van der Waals surface area contributed by atoms with Crippen LogP contribution in [0.5, 0.6) is 0 Å². The highest BCUT2D eigenvalue weighted by Crippen LogP contribution is 2.21. The molecular weight excluding hydrogens is 232 g/mol. The van der Waals surface area contributed by atoms with Crippen molar-refractivity contribution in [2.75, 3.05) is 6.26 Å². The highest BCUT2D eigenvalue weighted by Gasteiger charge is 1.99. The molecule has 2 heteroatoms. The van der Waals surface area contributed by atoms with Gasteiger partial charge in [0.05, 0.1) is 0 Å². The minimum absolute atomic E-state index is 0.963. The summed E-state index contributed by atoms with van der Waals surface area (Å²) in [6.45, 7) is 2.20. The Morgan fingerprint density at radius 3 is 2.58 bits per heavy atom. The molecule has 0 aliphatic heterocycles. The van der Waals surface area contributed by atoms with Crippen molar-refractivity contribution in [3.05, 3.63) is 29.3 Å². The molecule has 66 valence electrons. The van der Waals surface area contributed by atoms with E-state index in [1.165, 1.54) is 16.0 Å². The standard InChI is InChI=1S/C10H13BrS/c1-3-8-6-10(12-2)5-4-9(8)7-11/h4-6H,3,7H2,1-2H3. The largest absolute Gasteiger partial charge is 0.130 e. The van der Waals surface area contributed by atoms with Gasteiger partial charge in [-0.2, -0.15) is 0 Å². The van der Waals surface area contributed by atoms with Gasteiger partial charge in [0.1, 0.15) is 0 Å². The minimum Gasteiger partial charge on any atom is -0.130 e. The lowest BCUT2D eigenvalue weighted by molar-refractivity contribution is 1.09. The summed E-state index contributed by atoms with van der Waals surface area (Å²) in [5, 5.41) is 0.963. The summed E-state index contributed by atoms with van der Waals surface area (Å²) in [5.41, 5.74) is 2.87. The van der Waals surface area contributed by atoms with Gasteiger partial charge in [0.15, 0.2) is 0 Å². The van der Waals surface area contributed by atoms with E-state index < -0.39 is 0 Å². The third kappa shape index (κ3) is 2.27. The average Bonchev–Trinajstić information content (AvgIpc) is 2.16. The molecule has 0 amide bonds. The van der Waals surface area contributed by atoms with Gasteiger partial charge in [-0.1, -0.05) is 28.9 Å². The zero-order valence-corrected chi connectivity index (χ0v) is 9.83. The molecule has 0 saturated heterocycles. The van der Waals surface area contributed by atoms with Crippen LogP contribution in [0.2, 0.25) is 0 Å². The maximum atomic E-state index is 3.49. The second-order valence-electron chi connectivity index (χ2n) is 2.62. The summed E-state index contributed by atoms with van der Waals surface area (Å²) >= 11 is 5.29. The lowest BCUT2D eigenvalue weighted by Gasteiger charge is -2.06. The van der Waals surface area contributed by atoms with Crippen molar-refractivity contribution in [2.45, 2.75) is 23.6 Å². The molecule has 0 atom stereocenters. The molecule has 0 fully saturated rings. The predicted octanol–water partition coefficient (Wildman–Crippen LogP) is 3.87. The Morgan fingerprint density at radius 1 is 1.33 bits per heavy atom. The van der Waals surface area contributed by atoms with E-state index in [1.54, 1.807) is 11.8 Å². The number of hydrogen-bond donors (Lipinski definition) is 0. The maximum absolute atomic E-state index is 3.49. The van der Waals surface area contributed by atoms with Crippen molar-refractivity contribution in [3.8, 4) is 0 Å². The Hall–Kier alpha value is 0.0500. The first-order valence-electron chi connectivity index (χ1n) is 4.03. The zero-order chi connectivity index (χ0) is 8.97. The smallest absolute Gasteiger partial charge is 0.0285 e. The highest BCUT2D eigenvalue weighted by molar-refractivity contribution is 9.08. The summed E-state index contributed by atoms with van der Waals surface area (Å²) in [5.74, 6) is 0. The molecule has 1 aromatic rings. The molecule has 0 unspecified atom stereocenters. The van der Waals surface area contributed by atoms with Crippen LogP contribution in [0.4, 0.5) is 0 Å². The summed E-state index contributed by atoms with van der Waals surface area (Å²) in [4.78, 5) is 1.36. The van der Waals surface area contributed by atoms with E-state index in [0.717, 1.165) is 11.8 Å². The van der Waals surface area contributed by atoms with Crippen LogP contribution in [0.1, 0.15) is 18.1 Å². The van der Waals surface area contributed by atoms with E-state index in [0.29, 0.717) is 0 Å². The first-order valence-corrected chi connectivity index (χ1v) is 6.38. The number of benzene rings is 1. The third-order valence-electron chi connectivity index (χ3n) is 1.94. The molecule has 0 spiro atoms. The third-order valence-corrected chi connectivity index (χ3v) is 3.27.